The molecule has 82 valence electrons. The van der Waals surface area contributed by atoms with Crippen LogP contribution in [0.4, 0.5) is 0 Å². The highest BCUT2D eigenvalue weighted by atomic mass is 79.9. The van der Waals surface area contributed by atoms with Crippen molar-refractivity contribution < 1.29 is 20.1 Å². The van der Waals surface area contributed by atoms with Crippen LogP contribution in [0.2, 0.25) is 0 Å². The van der Waals surface area contributed by atoms with Crippen LogP contribution in [0, 0.1) is 0 Å². The van der Waals surface area contributed by atoms with Crippen molar-refractivity contribution >= 4 is 32.8 Å². The largest absolute Gasteiger partial charge is 0.507 e. The Morgan fingerprint density at radius 2 is 1.88 bits per heavy atom. The lowest BCUT2D eigenvalue weighted by atomic mass is 10.1. The van der Waals surface area contributed by atoms with Crippen LogP contribution in [0.15, 0.2) is 22.7 Å². The fourth-order valence-corrected chi connectivity index (χ4v) is 1.81. The van der Waals surface area contributed by atoms with E-state index in [0.717, 1.165) is 6.07 Å². The van der Waals surface area contributed by atoms with Gasteiger partial charge in [0.25, 0.3) is 0 Å². The predicted octanol–water partition coefficient (Wildman–Crippen LogP) is 2.11. The van der Waals surface area contributed by atoms with Gasteiger partial charge < -0.3 is 15.3 Å². The first-order chi connectivity index (χ1) is 7.49. The van der Waals surface area contributed by atoms with E-state index in [1.165, 1.54) is 6.07 Å². The van der Waals surface area contributed by atoms with Crippen LogP contribution >= 0.6 is 15.9 Å². The molecule has 0 saturated heterocycles. The van der Waals surface area contributed by atoms with Crippen LogP contribution in [0.3, 0.4) is 0 Å². The Bertz CT molecular complexity index is 597. The van der Waals surface area contributed by atoms with Gasteiger partial charge in [0.05, 0.1) is 0 Å². The first-order valence-electron chi connectivity index (χ1n) is 4.24. The van der Waals surface area contributed by atoms with Gasteiger partial charge in [-0.1, -0.05) is 15.9 Å². The number of aromatic nitrogens is 1. The number of carboxylic acids is 1. The maximum absolute atomic E-state index is 10.7. The summed E-state index contributed by atoms with van der Waals surface area (Å²) in [4.78, 5) is 14.5. The molecule has 0 radical (unpaired) electrons. The number of hydrogen-bond donors (Lipinski definition) is 3. The molecule has 6 heteroatoms. The minimum absolute atomic E-state index is 0.0561. The molecule has 0 bridgehead atoms. The minimum atomic E-state index is -1.26. The monoisotopic (exact) mass is 283 g/mol. The molecule has 0 unspecified atom stereocenters. The number of fused-ring (bicyclic) bond motifs is 1. The van der Waals surface area contributed by atoms with E-state index in [9.17, 15) is 15.0 Å². The molecule has 0 amide bonds. The molecule has 2 rings (SSSR count). The molecule has 0 aliphatic heterocycles. The Kier molecular flexibility index (Phi) is 2.43. The molecule has 1 heterocycles. The average Bonchev–Trinajstić information content (AvgIpc) is 2.19. The molecule has 1 aromatic heterocycles. The number of hydrogen-bond acceptors (Lipinski definition) is 4. The molecular weight excluding hydrogens is 278 g/mol. The molecule has 16 heavy (non-hydrogen) atoms. The van der Waals surface area contributed by atoms with Crippen LogP contribution < -0.4 is 0 Å². The van der Waals surface area contributed by atoms with Crippen LogP contribution in [0.1, 0.15) is 10.5 Å². The minimum Gasteiger partial charge on any atom is -0.507 e. The smallest absolute Gasteiger partial charge is 0.354 e. The fourth-order valence-electron chi connectivity index (χ4n) is 1.37. The van der Waals surface area contributed by atoms with Gasteiger partial charge in [-0.3, -0.25) is 0 Å². The number of carbonyl (C=O) groups is 1. The first kappa shape index (κ1) is 10.7. The number of carboxylic acid groups (broad SMARTS) is 1. The molecule has 0 aliphatic carbocycles. The van der Waals surface area contributed by atoms with Gasteiger partial charge >= 0.3 is 5.97 Å². The van der Waals surface area contributed by atoms with Crippen molar-refractivity contribution in [3.8, 4) is 11.5 Å². The second-order valence-corrected chi connectivity index (χ2v) is 4.07. The Morgan fingerprint density at radius 1 is 1.19 bits per heavy atom. The summed E-state index contributed by atoms with van der Waals surface area (Å²) in [5.74, 6) is -1.69. The number of pyridine rings is 1. The second-order valence-electron chi connectivity index (χ2n) is 3.15. The molecule has 0 aliphatic rings. The number of phenolic OH excluding ortho intramolecular Hbond substituents is 1. The first-order valence-corrected chi connectivity index (χ1v) is 5.04. The van der Waals surface area contributed by atoms with Crippen LogP contribution in [-0.4, -0.2) is 26.3 Å². The third-order valence-corrected chi connectivity index (χ3v) is 2.51. The van der Waals surface area contributed by atoms with Gasteiger partial charge in [-0.25, -0.2) is 9.78 Å². The summed E-state index contributed by atoms with van der Waals surface area (Å²) in [5.41, 5.74) is -0.261. The van der Waals surface area contributed by atoms with Crippen molar-refractivity contribution in [2.75, 3.05) is 0 Å². The molecule has 3 N–H and O–H groups in total. The van der Waals surface area contributed by atoms with Gasteiger partial charge in [-0.05, 0) is 12.1 Å². The summed E-state index contributed by atoms with van der Waals surface area (Å²) in [5, 5.41) is 28.2. The summed E-state index contributed by atoms with van der Waals surface area (Å²) in [6.07, 6.45) is 0. The molecular formula is C10H6BrNO4. The Balaban J connectivity index is 2.87. The highest BCUT2D eigenvalue weighted by Crippen LogP contribution is 2.33. The van der Waals surface area contributed by atoms with Crippen molar-refractivity contribution in [1.29, 1.82) is 0 Å². The van der Waals surface area contributed by atoms with Crippen LogP contribution in [-0.2, 0) is 0 Å². The highest BCUT2D eigenvalue weighted by molar-refractivity contribution is 9.10. The zero-order valence-corrected chi connectivity index (χ0v) is 9.39. The van der Waals surface area contributed by atoms with Crippen molar-refractivity contribution in [2.45, 2.75) is 0 Å². The second kappa shape index (κ2) is 3.64. The standard InChI is InChI=1S/C10H6BrNO4/c11-4-1-5-7(13)3-6(10(15)16)12-9(5)8(14)2-4/h1-3,14H,(H,12,13)(H,15,16). The average molecular weight is 284 g/mol. The fraction of sp³-hybridized carbons (Fsp3) is 0. The van der Waals surface area contributed by atoms with E-state index in [4.69, 9.17) is 5.11 Å². The van der Waals surface area contributed by atoms with E-state index in [1.54, 1.807) is 6.07 Å². The SMILES string of the molecule is O=C(O)c1cc(O)c2cc(Br)cc(O)c2n1. The third kappa shape index (κ3) is 1.67. The third-order valence-electron chi connectivity index (χ3n) is 2.06. The lowest BCUT2D eigenvalue weighted by molar-refractivity contribution is 0.0690. The van der Waals surface area contributed by atoms with Gasteiger partial charge in [0.15, 0.2) is 5.69 Å². The number of aromatic carboxylic acids is 1. The van der Waals surface area contributed by atoms with Gasteiger partial charge in [0.2, 0.25) is 0 Å². The predicted molar refractivity (Wildman–Crippen MR) is 59.7 cm³/mol. The Labute approximate surface area is 98.1 Å². The normalized spacial score (nSPS) is 10.6. The van der Waals surface area contributed by atoms with Crippen molar-refractivity contribution in [3.63, 3.8) is 0 Å². The summed E-state index contributed by atoms with van der Waals surface area (Å²) < 4.78 is 0.567. The van der Waals surface area contributed by atoms with Gasteiger partial charge in [0.1, 0.15) is 17.0 Å². The number of phenols is 1. The topological polar surface area (TPSA) is 90.7 Å². The van der Waals surface area contributed by atoms with Crippen molar-refractivity contribution in [3.05, 3.63) is 28.4 Å². The molecule has 1 aromatic carbocycles. The number of nitrogens with zero attached hydrogens (tertiary/aromatic N) is 1. The molecule has 0 fully saturated rings. The molecule has 5 nitrogen and oxygen atoms in total. The highest BCUT2D eigenvalue weighted by Gasteiger charge is 2.13. The lowest BCUT2D eigenvalue weighted by Crippen LogP contribution is -2.00. The molecule has 0 atom stereocenters. The maximum atomic E-state index is 10.7. The van der Waals surface area contributed by atoms with E-state index in [1.807, 2.05) is 0 Å². The number of aromatic hydroxyl groups is 2. The van der Waals surface area contributed by atoms with Gasteiger partial charge in [-0.15, -0.1) is 0 Å². The number of rotatable bonds is 1. The van der Waals surface area contributed by atoms with Gasteiger partial charge in [0, 0.05) is 15.9 Å². The molecule has 0 spiro atoms. The van der Waals surface area contributed by atoms with Gasteiger partial charge in [-0.2, -0.15) is 0 Å². The Hall–Kier alpha value is -1.82. The molecule has 0 saturated carbocycles. The van der Waals surface area contributed by atoms with Crippen LogP contribution in [0.5, 0.6) is 11.5 Å². The lowest BCUT2D eigenvalue weighted by Gasteiger charge is -2.05. The van der Waals surface area contributed by atoms with E-state index in [0.29, 0.717) is 4.47 Å². The zero-order valence-electron chi connectivity index (χ0n) is 7.81. The number of benzene rings is 1. The summed E-state index contributed by atoms with van der Waals surface area (Å²) in [7, 11) is 0. The van der Waals surface area contributed by atoms with E-state index >= 15 is 0 Å². The summed E-state index contributed by atoms with van der Waals surface area (Å²) in [6.45, 7) is 0. The van der Waals surface area contributed by atoms with E-state index < -0.39 is 5.97 Å². The van der Waals surface area contributed by atoms with Crippen LogP contribution in [0.25, 0.3) is 10.9 Å². The van der Waals surface area contributed by atoms with Crippen molar-refractivity contribution in [1.82, 2.24) is 4.98 Å². The Morgan fingerprint density at radius 3 is 2.50 bits per heavy atom. The summed E-state index contributed by atoms with van der Waals surface area (Å²) in [6, 6.07) is 3.96. The van der Waals surface area contributed by atoms with E-state index in [-0.39, 0.29) is 28.1 Å². The van der Waals surface area contributed by atoms with Crippen molar-refractivity contribution in [2.24, 2.45) is 0 Å². The number of halogens is 1. The quantitative estimate of drug-likeness (QED) is 0.746. The van der Waals surface area contributed by atoms with E-state index in [2.05, 4.69) is 20.9 Å². The summed E-state index contributed by atoms with van der Waals surface area (Å²) >= 11 is 3.15. The maximum Gasteiger partial charge on any atom is 0.354 e. The zero-order chi connectivity index (χ0) is 11.9. The molecule has 2 aromatic rings.